The van der Waals surface area contributed by atoms with E-state index < -0.39 is 16.8 Å². The lowest BCUT2D eigenvalue weighted by molar-refractivity contribution is -0.384. The van der Waals surface area contributed by atoms with Crippen LogP contribution < -0.4 is 10.1 Å². The maximum absolute atomic E-state index is 11.5. The van der Waals surface area contributed by atoms with Crippen LogP contribution in [0.5, 0.6) is 5.75 Å². The number of rotatable bonds is 6. The molecule has 0 spiro atoms. The second-order valence-electron chi connectivity index (χ2n) is 3.58. The zero-order valence-electron chi connectivity index (χ0n) is 10.1. The van der Waals surface area contributed by atoms with Gasteiger partial charge in [0, 0.05) is 18.6 Å². The number of carboxylic acid groups (broad SMARTS) is 1. The third-order valence-electron chi connectivity index (χ3n) is 2.23. The van der Waals surface area contributed by atoms with Crippen molar-refractivity contribution in [1.82, 2.24) is 0 Å². The minimum absolute atomic E-state index is 0.132. The highest BCUT2D eigenvalue weighted by Crippen LogP contribution is 2.28. The van der Waals surface area contributed by atoms with Gasteiger partial charge >= 0.3 is 5.97 Å². The van der Waals surface area contributed by atoms with Crippen molar-refractivity contribution < 1.29 is 24.4 Å². The molecule has 0 fully saturated rings. The molecule has 1 aromatic rings. The topological polar surface area (TPSA) is 119 Å². The molecule has 0 heterocycles. The summed E-state index contributed by atoms with van der Waals surface area (Å²) >= 11 is 0. The van der Waals surface area contributed by atoms with E-state index >= 15 is 0 Å². The summed E-state index contributed by atoms with van der Waals surface area (Å²) < 4.78 is 4.95. The Kier molecular flexibility index (Phi) is 4.81. The minimum Gasteiger partial charge on any atom is -0.495 e. The second kappa shape index (κ2) is 6.34. The number of carbonyl (C=O) groups is 2. The van der Waals surface area contributed by atoms with Crippen LogP contribution in [0.3, 0.4) is 0 Å². The van der Waals surface area contributed by atoms with Gasteiger partial charge in [-0.2, -0.15) is 0 Å². The molecule has 0 saturated carbocycles. The van der Waals surface area contributed by atoms with E-state index in [1.807, 2.05) is 0 Å². The Hall–Kier alpha value is -2.64. The summed E-state index contributed by atoms with van der Waals surface area (Å²) in [6.07, 6.45) is -0.537. The number of non-ortho nitro benzene ring substituents is 1. The predicted octanol–water partition coefficient (Wildman–Crippen LogP) is 1.41. The number of hydrogen-bond acceptors (Lipinski definition) is 5. The summed E-state index contributed by atoms with van der Waals surface area (Å²) in [5.41, 5.74) is -0.0681. The van der Waals surface area contributed by atoms with Crippen LogP contribution in [0.2, 0.25) is 0 Å². The van der Waals surface area contributed by atoms with Crippen LogP contribution in [-0.4, -0.2) is 29.0 Å². The van der Waals surface area contributed by atoms with Gasteiger partial charge in [-0.25, -0.2) is 0 Å². The Morgan fingerprint density at radius 1 is 1.42 bits per heavy atom. The average molecular weight is 268 g/mol. The molecule has 0 bridgehead atoms. The lowest BCUT2D eigenvalue weighted by Gasteiger charge is -2.09. The van der Waals surface area contributed by atoms with Crippen LogP contribution in [-0.2, 0) is 9.59 Å². The smallest absolute Gasteiger partial charge is 0.303 e. The first-order valence-corrected chi connectivity index (χ1v) is 5.28. The second-order valence-corrected chi connectivity index (χ2v) is 3.58. The van der Waals surface area contributed by atoms with Crippen molar-refractivity contribution in [2.24, 2.45) is 0 Å². The largest absolute Gasteiger partial charge is 0.495 e. The summed E-state index contributed by atoms with van der Waals surface area (Å²) in [4.78, 5) is 31.8. The Balaban J connectivity index is 2.85. The van der Waals surface area contributed by atoms with Crippen molar-refractivity contribution in [3.05, 3.63) is 28.3 Å². The van der Waals surface area contributed by atoms with Crippen molar-refractivity contribution >= 4 is 23.3 Å². The Labute approximate surface area is 108 Å². The third kappa shape index (κ3) is 4.26. The summed E-state index contributed by atoms with van der Waals surface area (Å²) in [6, 6.07) is 3.74. The Morgan fingerprint density at radius 3 is 2.63 bits per heavy atom. The number of aliphatic carboxylic acids is 1. The summed E-state index contributed by atoms with van der Waals surface area (Å²) in [5, 5.41) is 21.5. The number of hydrogen-bond donors (Lipinski definition) is 2. The fourth-order valence-electron chi connectivity index (χ4n) is 1.34. The molecule has 1 amide bonds. The van der Waals surface area contributed by atoms with Crippen molar-refractivity contribution in [1.29, 1.82) is 0 Å². The lowest BCUT2D eigenvalue weighted by atomic mass is 10.2. The predicted molar refractivity (Wildman–Crippen MR) is 65.1 cm³/mol. The number of benzene rings is 1. The third-order valence-corrected chi connectivity index (χ3v) is 2.23. The number of nitrogens with zero attached hydrogens (tertiary/aromatic N) is 1. The zero-order chi connectivity index (χ0) is 14.4. The summed E-state index contributed by atoms with van der Waals surface area (Å²) in [6.45, 7) is 0. The van der Waals surface area contributed by atoms with Gasteiger partial charge in [-0.05, 0) is 6.07 Å². The van der Waals surface area contributed by atoms with Crippen LogP contribution in [0, 0.1) is 10.1 Å². The van der Waals surface area contributed by atoms with E-state index in [0.29, 0.717) is 0 Å². The van der Waals surface area contributed by atoms with Gasteiger partial charge in [0.15, 0.2) is 0 Å². The molecule has 2 N–H and O–H groups in total. The molecule has 102 valence electrons. The Morgan fingerprint density at radius 2 is 2.11 bits per heavy atom. The fraction of sp³-hybridized carbons (Fsp3) is 0.273. The van der Waals surface area contributed by atoms with Gasteiger partial charge in [0.2, 0.25) is 5.91 Å². The van der Waals surface area contributed by atoms with Crippen LogP contribution in [0.4, 0.5) is 11.4 Å². The molecule has 0 atom stereocenters. The van der Waals surface area contributed by atoms with Crippen LogP contribution in [0.15, 0.2) is 18.2 Å². The van der Waals surface area contributed by atoms with E-state index in [1.165, 1.54) is 19.2 Å². The highest BCUT2D eigenvalue weighted by molar-refractivity contribution is 5.94. The molecule has 0 saturated heterocycles. The van der Waals surface area contributed by atoms with E-state index in [0.717, 1.165) is 6.07 Å². The fourth-order valence-corrected chi connectivity index (χ4v) is 1.34. The maximum atomic E-state index is 11.5. The number of carbonyl (C=O) groups excluding carboxylic acids is 1. The molecule has 0 unspecified atom stereocenters. The minimum atomic E-state index is -1.10. The molecule has 1 aromatic carbocycles. The molecule has 0 aliphatic rings. The molecule has 0 aliphatic carbocycles. The molecule has 19 heavy (non-hydrogen) atoms. The lowest BCUT2D eigenvalue weighted by Crippen LogP contribution is -2.14. The van der Waals surface area contributed by atoms with E-state index in [-0.39, 0.29) is 30.0 Å². The van der Waals surface area contributed by atoms with Crippen molar-refractivity contribution in [2.75, 3.05) is 12.4 Å². The summed E-state index contributed by atoms with van der Waals surface area (Å²) in [7, 11) is 1.36. The van der Waals surface area contributed by atoms with Crippen molar-refractivity contribution in [2.45, 2.75) is 12.8 Å². The molecule has 0 radical (unpaired) electrons. The number of nitrogens with one attached hydrogen (secondary N) is 1. The van der Waals surface area contributed by atoms with Gasteiger partial charge in [0.05, 0.1) is 24.1 Å². The number of carboxylic acids is 1. The zero-order valence-corrected chi connectivity index (χ0v) is 10.1. The number of nitro benzene ring substituents is 1. The van der Waals surface area contributed by atoms with Gasteiger partial charge in [-0.15, -0.1) is 0 Å². The molecular weight excluding hydrogens is 256 g/mol. The molecule has 8 nitrogen and oxygen atoms in total. The van der Waals surface area contributed by atoms with Gasteiger partial charge in [-0.1, -0.05) is 0 Å². The van der Waals surface area contributed by atoms with E-state index in [1.54, 1.807) is 0 Å². The molecule has 8 heteroatoms. The maximum Gasteiger partial charge on any atom is 0.303 e. The first-order chi connectivity index (χ1) is 8.93. The quantitative estimate of drug-likeness (QED) is 0.594. The van der Waals surface area contributed by atoms with Crippen LogP contribution >= 0.6 is 0 Å². The first-order valence-electron chi connectivity index (χ1n) is 5.28. The molecular formula is C11H12N2O6. The number of nitro groups is 1. The normalized spacial score (nSPS) is 9.74. The van der Waals surface area contributed by atoms with E-state index in [2.05, 4.69) is 5.32 Å². The van der Waals surface area contributed by atoms with Gasteiger partial charge in [0.25, 0.3) is 5.69 Å². The van der Waals surface area contributed by atoms with Crippen molar-refractivity contribution in [3.8, 4) is 5.75 Å². The number of methoxy groups -OCH3 is 1. The van der Waals surface area contributed by atoms with Gasteiger partial charge < -0.3 is 15.2 Å². The van der Waals surface area contributed by atoms with Gasteiger partial charge in [-0.3, -0.25) is 19.7 Å². The van der Waals surface area contributed by atoms with Crippen LogP contribution in [0.1, 0.15) is 12.8 Å². The molecule has 0 aliphatic heterocycles. The van der Waals surface area contributed by atoms with E-state index in [4.69, 9.17) is 9.84 Å². The van der Waals surface area contributed by atoms with Gasteiger partial charge in [0.1, 0.15) is 5.75 Å². The monoisotopic (exact) mass is 268 g/mol. The van der Waals surface area contributed by atoms with E-state index in [9.17, 15) is 19.7 Å². The molecule has 0 aromatic heterocycles. The highest BCUT2D eigenvalue weighted by Gasteiger charge is 2.14. The number of anilines is 1. The Bertz CT molecular complexity index is 514. The standard InChI is InChI=1S/C11H12N2O6/c1-19-9-3-2-7(13(17)18)6-8(9)12-10(14)4-5-11(15)16/h2-3,6H,4-5H2,1H3,(H,12,14)(H,15,16). The molecule has 1 rings (SSSR count). The first kappa shape index (κ1) is 14.4. The highest BCUT2D eigenvalue weighted by atomic mass is 16.6. The van der Waals surface area contributed by atoms with Crippen molar-refractivity contribution in [3.63, 3.8) is 0 Å². The van der Waals surface area contributed by atoms with Crippen LogP contribution in [0.25, 0.3) is 0 Å². The number of amides is 1. The average Bonchev–Trinajstić information content (AvgIpc) is 2.36. The number of ether oxygens (including phenoxy) is 1. The SMILES string of the molecule is COc1ccc([N+](=O)[O-])cc1NC(=O)CCC(=O)O. The summed E-state index contributed by atoms with van der Waals surface area (Å²) in [5.74, 6) is -1.39.